The highest BCUT2D eigenvalue weighted by Gasteiger charge is 2.15. The first-order chi connectivity index (χ1) is 9.33. The van der Waals surface area contributed by atoms with Gasteiger partial charge in [0.1, 0.15) is 5.82 Å². The van der Waals surface area contributed by atoms with E-state index in [1.54, 1.807) is 0 Å². The van der Waals surface area contributed by atoms with Crippen molar-refractivity contribution in [2.45, 2.75) is 0 Å². The normalized spacial score (nSPS) is 16.6. The van der Waals surface area contributed by atoms with E-state index in [-0.39, 0.29) is 0 Å². The number of nitrogens with zero attached hydrogens (tertiary/aromatic N) is 3. The van der Waals surface area contributed by atoms with Crippen LogP contribution in [-0.2, 0) is 0 Å². The Balaban J connectivity index is 1.84. The number of rotatable bonds is 2. The molecule has 0 spiro atoms. The van der Waals surface area contributed by atoms with Gasteiger partial charge in [-0.1, -0.05) is 24.3 Å². The third kappa shape index (κ3) is 2.76. The number of hydrogen-bond acceptors (Lipinski definition) is 3. The lowest BCUT2D eigenvalue weighted by molar-refractivity contribution is 0.312. The molecule has 1 aliphatic heterocycles. The van der Waals surface area contributed by atoms with Crippen molar-refractivity contribution in [1.29, 1.82) is 0 Å². The van der Waals surface area contributed by atoms with Crippen LogP contribution in [0.1, 0.15) is 0 Å². The number of anilines is 1. The van der Waals surface area contributed by atoms with Crippen LogP contribution in [0.4, 0.5) is 5.82 Å². The smallest absolute Gasteiger partial charge is 0.129 e. The Morgan fingerprint density at radius 3 is 2.47 bits per heavy atom. The maximum atomic E-state index is 4.51. The Bertz CT molecular complexity index is 531. The van der Waals surface area contributed by atoms with Crippen LogP contribution >= 0.6 is 0 Å². The van der Waals surface area contributed by atoms with Gasteiger partial charge in [-0.15, -0.1) is 0 Å². The van der Waals surface area contributed by atoms with Gasteiger partial charge in [0.15, 0.2) is 0 Å². The van der Waals surface area contributed by atoms with Crippen molar-refractivity contribution in [3.8, 4) is 11.1 Å². The lowest BCUT2D eigenvalue weighted by atomic mass is 10.1. The predicted molar refractivity (Wildman–Crippen MR) is 78.2 cm³/mol. The van der Waals surface area contributed by atoms with E-state index in [9.17, 15) is 0 Å². The number of benzene rings is 1. The number of hydrogen-bond donors (Lipinski definition) is 0. The van der Waals surface area contributed by atoms with E-state index in [1.807, 2.05) is 18.3 Å². The maximum Gasteiger partial charge on any atom is 0.129 e. The van der Waals surface area contributed by atoms with Gasteiger partial charge in [-0.25, -0.2) is 4.98 Å². The number of likely N-dealkylation sites (N-methyl/N-ethyl adjacent to an activating group) is 1. The minimum atomic E-state index is 1.05. The van der Waals surface area contributed by atoms with Crippen LogP contribution in [0, 0.1) is 6.07 Å². The number of aromatic nitrogens is 1. The average Bonchev–Trinajstić information content (AvgIpc) is 2.49. The second-order valence-corrected chi connectivity index (χ2v) is 4.98. The van der Waals surface area contributed by atoms with Crippen molar-refractivity contribution >= 4 is 5.82 Å². The van der Waals surface area contributed by atoms with Crippen molar-refractivity contribution in [3.63, 3.8) is 0 Å². The van der Waals surface area contributed by atoms with E-state index >= 15 is 0 Å². The monoisotopic (exact) mass is 252 g/mol. The van der Waals surface area contributed by atoms with Crippen LogP contribution in [0.5, 0.6) is 0 Å². The molecular formula is C16H18N3. The van der Waals surface area contributed by atoms with E-state index in [0.29, 0.717) is 0 Å². The molecule has 0 saturated carbocycles. The van der Waals surface area contributed by atoms with Gasteiger partial charge < -0.3 is 9.80 Å². The molecule has 97 valence electrons. The summed E-state index contributed by atoms with van der Waals surface area (Å²) >= 11 is 0. The first-order valence-electron chi connectivity index (χ1n) is 6.69. The minimum Gasteiger partial charge on any atom is -0.354 e. The quantitative estimate of drug-likeness (QED) is 0.817. The molecule has 0 N–H and O–H groups in total. The summed E-state index contributed by atoms with van der Waals surface area (Å²) in [6.45, 7) is 4.31. The molecule has 0 atom stereocenters. The molecule has 0 aliphatic carbocycles. The standard InChI is InChI=1S/C16H18N3/c1-18-9-11-19(12-10-18)16-13-15(7-8-17-16)14-5-3-2-4-6-14/h3-8,13H,9-12H2,1H3. The summed E-state index contributed by atoms with van der Waals surface area (Å²) < 4.78 is 0. The van der Waals surface area contributed by atoms with Gasteiger partial charge in [0.05, 0.1) is 0 Å². The number of pyridine rings is 1. The van der Waals surface area contributed by atoms with Gasteiger partial charge in [0.2, 0.25) is 0 Å². The minimum absolute atomic E-state index is 1.05. The second kappa shape index (κ2) is 5.41. The Labute approximate surface area is 114 Å². The molecule has 0 bridgehead atoms. The van der Waals surface area contributed by atoms with Gasteiger partial charge >= 0.3 is 0 Å². The van der Waals surface area contributed by atoms with Crippen molar-refractivity contribution in [2.24, 2.45) is 0 Å². The van der Waals surface area contributed by atoms with E-state index in [1.165, 1.54) is 11.1 Å². The highest BCUT2D eigenvalue weighted by atomic mass is 15.3. The third-order valence-corrected chi connectivity index (χ3v) is 3.62. The average molecular weight is 252 g/mol. The molecule has 1 saturated heterocycles. The van der Waals surface area contributed by atoms with Gasteiger partial charge in [-0.2, -0.15) is 0 Å². The second-order valence-electron chi connectivity index (χ2n) is 4.98. The van der Waals surface area contributed by atoms with Crippen LogP contribution in [0.25, 0.3) is 11.1 Å². The van der Waals surface area contributed by atoms with Gasteiger partial charge in [0, 0.05) is 32.4 Å². The van der Waals surface area contributed by atoms with Crippen molar-refractivity contribution in [1.82, 2.24) is 9.88 Å². The molecule has 1 aromatic heterocycles. The van der Waals surface area contributed by atoms with Crippen molar-refractivity contribution in [2.75, 3.05) is 38.1 Å². The molecule has 2 heterocycles. The van der Waals surface area contributed by atoms with Gasteiger partial charge in [0.25, 0.3) is 0 Å². The van der Waals surface area contributed by atoms with Gasteiger partial charge in [-0.05, 0) is 36.4 Å². The summed E-state index contributed by atoms with van der Waals surface area (Å²) in [6.07, 6.45) is 1.90. The molecule has 1 fully saturated rings. The van der Waals surface area contributed by atoms with Crippen LogP contribution in [-0.4, -0.2) is 43.1 Å². The predicted octanol–water partition coefficient (Wildman–Crippen LogP) is 2.30. The summed E-state index contributed by atoms with van der Waals surface area (Å²) in [7, 11) is 2.17. The fraction of sp³-hybridized carbons (Fsp3) is 0.312. The van der Waals surface area contributed by atoms with E-state index in [2.05, 4.69) is 52.2 Å². The van der Waals surface area contributed by atoms with E-state index in [4.69, 9.17) is 0 Å². The SMILES string of the molecule is CN1CCN(c2cc(-c3cc[c]cc3)ccn2)CC1. The highest BCUT2D eigenvalue weighted by molar-refractivity contribution is 5.66. The Morgan fingerprint density at radius 2 is 1.74 bits per heavy atom. The Hall–Kier alpha value is -1.87. The van der Waals surface area contributed by atoms with Crippen molar-refractivity contribution in [3.05, 3.63) is 48.7 Å². The summed E-state index contributed by atoms with van der Waals surface area (Å²) in [6, 6.07) is 15.4. The molecule has 0 unspecified atom stereocenters. The topological polar surface area (TPSA) is 19.4 Å². The van der Waals surface area contributed by atoms with Gasteiger partial charge in [-0.3, -0.25) is 0 Å². The fourth-order valence-corrected chi connectivity index (χ4v) is 2.39. The Morgan fingerprint density at radius 1 is 1.00 bits per heavy atom. The van der Waals surface area contributed by atoms with Crippen molar-refractivity contribution < 1.29 is 0 Å². The molecule has 2 aromatic rings. The highest BCUT2D eigenvalue weighted by Crippen LogP contribution is 2.23. The van der Waals surface area contributed by atoms with Crippen LogP contribution in [0.3, 0.4) is 0 Å². The first-order valence-corrected chi connectivity index (χ1v) is 6.69. The summed E-state index contributed by atoms with van der Waals surface area (Å²) in [5, 5.41) is 0. The largest absolute Gasteiger partial charge is 0.354 e. The zero-order chi connectivity index (χ0) is 13.1. The molecule has 19 heavy (non-hydrogen) atoms. The molecule has 3 nitrogen and oxygen atoms in total. The zero-order valence-corrected chi connectivity index (χ0v) is 11.2. The summed E-state index contributed by atoms with van der Waals surface area (Å²) in [5.41, 5.74) is 2.44. The third-order valence-electron chi connectivity index (χ3n) is 3.62. The molecule has 0 amide bonds. The molecule has 1 aromatic carbocycles. The fourth-order valence-electron chi connectivity index (χ4n) is 2.39. The summed E-state index contributed by atoms with van der Waals surface area (Å²) in [5.74, 6) is 1.08. The van der Waals surface area contributed by atoms with Crippen LogP contribution in [0.15, 0.2) is 42.6 Å². The molecule has 1 radical (unpaired) electrons. The zero-order valence-electron chi connectivity index (χ0n) is 11.2. The molecular weight excluding hydrogens is 234 g/mol. The lowest BCUT2D eigenvalue weighted by Crippen LogP contribution is -2.44. The van der Waals surface area contributed by atoms with Crippen LogP contribution < -0.4 is 4.90 Å². The van der Waals surface area contributed by atoms with Crippen LogP contribution in [0.2, 0.25) is 0 Å². The lowest BCUT2D eigenvalue weighted by Gasteiger charge is -2.33. The first kappa shape index (κ1) is 12.2. The number of piperazine rings is 1. The summed E-state index contributed by atoms with van der Waals surface area (Å²) in [4.78, 5) is 9.23. The molecule has 3 heteroatoms. The molecule has 3 rings (SSSR count). The molecule has 1 aliphatic rings. The maximum absolute atomic E-state index is 4.51. The Kier molecular flexibility index (Phi) is 3.47. The van der Waals surface area contributed by atoms with E-state index in [0.717, 1.165) is 32.0 Å². The van der Waals surface area contributed by atoms with E-state index < -0.39 is 0 Å².